The van der Waals surface area contributed by atoms with Crippen molar-refractivity contribution >= 4 is 5.97 Å². The van der Waals surface area contributed by atoms with Gasteiger partial charge in [0.15, 0.2) is 11.5 Å². The van der Waals surface area contributed by atoms with E-state index in [2.05, 4.69) is 13.0 Å². The van der Waals surface area contributed by atoms with Gasteiger partial charge in [-0.05, 0) is 37.1 Å². The normalized spacial score (nSPS) is 16.5. The molecule has 0 bridgehead atoms. The second-order valence-corrected chi connectivity index (χ2v) is 5.85. The van der Waals surface area contributed by atoms with Crippen LogP contribution in [0.1, 0.15) is 34.6 Å². The Balaban J connectivity index is 2.13. The lowest BCUT2D eigenvalue weighted by Crippen LogP contribution is -2.22. The minimum atomic E-state index is -0.204. The molecule has 1 atom stereocenters. The second-order valence-electron chi connectivity index (χ2n) is 5.85. The molecule has 0 aliphatic carbocycles. The predicted octanol–water partition coefficient (Wildman–Crippen LogP) is 3.76. The van der Waals surface area contributed by atoms with Crippen molar-refractivity contribution in [1.29, 1.82) is 0 Å². The van der Waals surface area contributed by atoms with Crippen molar-refractivity contribution in [3.8, 4) is 17.2 Å². The molecule has 0 fully saturated rings. The van der Waals surface area contributed by atoms with E-state index in [9.17, 15) is 4.79 Å². The molecule has 4 nitrogen and oxygen atoms in total. The first-order chi connectivity index (χ1) is 11.0. The number of hydrogen-bond donors (Lipinski definition) is 0. The van der Waals surface area contributed by atoms with E-state index in [0.717, 1.165) is 22.3 Å². The zero-order valence-corrected chi connectivity index (χ0v) is 13.8. The fourth-order valence-electron chi connectivity index (χ4n) is 3.18. The maximum absolute atomic E-state index is 12.0. The van der Waals surface area contributed by atoms with Crippen molar-refractivity contribution in [1.82, 2.24) is 0 Å². The largest absolute Gasteiger partial charge is 0.493 e. The van der Waals surface area contributed by atoms with Crippen molar-refractivity contribution in [3.63, 3.8) is 0 Å². The van der Waals surface area contributed by atoms with Crippen molar-refractivity contribution in [2.24, 2.45) is 0 Å². The van der Waals surface area contributed by atoms with E-state index in [1.807, 2.05) is 31.2 Å². The van der Waals surface area contributed by atoms with Crippen molar-refractivity contribution < 1.29 is 19.0 Å². The van der Waals surface area contributed by atoms with Gasteiger partial charge in [0, 0.05) is 11.5 Å². The Morgan fingerprint density at radius 1 is 1.04 bits per heavy atom. The molecule has 0 amide bonds. The van der Waals surface area contributed by atoms with Crippen LogP contribution in [0, 0.1) is 13.8 Å². The summed E-state index contributed by atoms with van der Waals surface area (Å²) in [5, 5.41) is 0. The van der Waals surface area contributed by atoms with Gasteiger partial charge in [0.2, 0.25) is 0 Å². The fraction of sp³-hybridized carbons (Fsp3) is 0.316. The van der Waals surface area contributed by atoms with Gasteiger partial charge in [-0.3, -0.25) is 4.79 Å². The molecule has 23 heavy (non-hydrogen) atoms. The third-order valence-corrected chi connectivity index (χ3v) is 4.22. The van der Waals surface area contributed by atoms with Crippen LogP contribution in [0.15, 0.2) is 30.3 Å². The average Bonchev–Trinajstić information content (AvgIpc) is 2.54. The molecule has 0 saturated carbocycles. The number of fused-ring (bicyclic) bond motifs is 1. The van der Waals surface area contributed by atoms with Gasteiger partial charge >= 0.3 is 5.97 Å². The van der Waals surface area contributed by atoms with Gasteiger partial charge < -0.3 is 14.2 Å². The highest BCUT2D eigenvalue weighted by molar-refractivity contribution is 5.78. The van der Waals surface area contributed by atoms with E-state index in [4.69, 9.17) is 14.2 Å². The minimum absolute atomic E-state index is 0.0374. The first-order valence-corrected chi connectivity index (χ1v) is 7.57. The van der Waals surface area contributed by atoms with Crippen LogP contribution in [-0.2, 0) is 4.79 Å². The lowest BCUT2D eigenvalue weighted by atomic mass is 9.84. The number of methoxy groups -OCH3 is 2. The SMILES string of the molecule is COc1ccc([C@H]2CC(=O)Oc3c(C)cc(C)cc32)cc1OC. The van der Waals surface area contributed by atoms with E-state index in [1.54, 1.807) is 14.2 Å². The van der Waals surface area contributed by atoms with Crippen LogP contribution in [-0.4, -0.2) is 20.2 Å². The Morgan fingerprint density at radius 2 is 1.78 bits per heavy atom. The Kier molecular flexibility index (Phi) is 3.99. The zero-order valence-electron chi connectivity index (χ0n) is 13.8. The summed E-state index contributed by atoms with van der Waals surface area (Å²) in [5.74, 6) is 1.78. The first-order valence-electron chi connectivity index (χ1n) is 7.57. The molecule has 0 N–H and O–H groups in total. The van der Waals surface area contributed by atoms with Gasteiger partial charge in [-0.25, -0.2) is 0 Å². The highest BCUT2D eigenvalue weighted by atomic mass is 16.5. The van der Waals surface area contributed by atoms with Gasteiger partial charge in [0.05, 0.1) is 20.6 Å². The highest BCUT2D eigenvalue weighted by Crippen LogP contribution is 2.43. The summed E-state index contributed by atoms with van der Waals surface area (Å²) in [6.07, 6.45) is 0.325. The third kappa shape index (κ3) is 2.77. The third-order valence-electron chi connectivity index (χ3n) is 4.22. The Labute approximate surface area is 136 Å². The van der Waals surface area contributed by atoms with E-state index >= 15 is 0 Å². The fourth-order valence-corrected chi connectivity index (χ4v) is 3.18. The highest BCUT2D eigenvalue weighted by Gasteiger charge is 2.30. The van der Waals surface area contributed by atoms with Crippen LogP contribution in [0.25, 0.3) is 0 Å². The van der Waals surface area contributed by atoms with Crippen molar-refractivity contribution in [2.45, 2.75) is 26.2 Å². The van der Waals surface area contributed by atoms with Crippen LogP contribution in [0.3, 0.4) is 0 Å². The average molecular weight is 312 g/mol. The molecule has 0 radical (unpaired) electrons. The molecule has 3 rings (SSSR count). The molecule has 2 aromatic carbocycles. The summed E-state index contributed by atoms with van der Waals surface area (Å²) < 4.78 is 16.2. The summed E-state index contributed by atoms with van der Waals surface area (Å²) in [6, 6.07) is 9.91. The molecule has 4 heteroatoms. The summed E-state index contributed by atoms with van der Waals surface area (Å²) in [6.45, 7) is 4.02. The van der Waals surface area contributed by atoms with Crippen molar-refractivity contribution in [3.05, 3.63) is 52.6 Å². The number of ether oxygens (including phenoxy) is 3. The van der Waals surface area contributed by atoms with Crippen LogP contribution in [0.2, 0.25) is 0 Å². The van der Waals surface area contributed by atoms with Crippen LogP contribution >= 0.6 is 0 Å². The molecular formula is C19H20O4. The quantitative estimate of drug-likeness (QED) is 0.639. The van der Waals surface area contributed by atoms with E-state index in [-0.39, 0.29) is 11.9 Å². The Hall–Kier alpha value is -2.49. The molecule has 120 valence electrons. The number of rotatable bonds is 3. The van der Waals surface area contributed by atoms with Gasteiger partial charge in [0.25, 0.3) is 0 Å². The predicted molar refractivity (Wildman–Crippen MR) is 87.6 cm³/mol. The van der Waals surface area contributed by atoms with Gasteiger partial charge in [-0.2, -0.15) is 0 Å². The summed E-state index contributed by atoms with van der Waals surface area (Å²) in [7, 11) is 3.22. The molecule has 1 aliphatic heterocycles. The molecule has 0 unspecified atom stereocenters. The lowest BCUT2D eigenvalue weighted by molar-refractivity contribution is -0.135. The number of aryl methyl sites for hydroxylation is 2. The van der Waals surface area contributed by atoms with Crippen LogP contribution in [0.5, 0.6) is 17.2 Å². The first kappa shape index (κ1) is 15.4. The van der Waals surface area contributed by atoms with Crippen molar-refractivity contribution in [2.75, 3.05) is 14.2 Å². The number of benzene rings is 2. The molecule has 0 spiro atoms. The summed E-state index contributed by atoms with van der Waals surface area (Å²) in [5.41, 5.74) is 4.21. The molecular weight excluding hydrogens is 292 g/mol. The second kappa shape index (κ2) is 5.95. The minimum Gasteiger partial charge on any atom is -0.493 e. The van der Waals surface area contributed by atoms with Crippen LogP contribution < -0.4 is 14.2 Å². The number of carbonyl (C=O) groups is 1. The Morgan fingerprint density at radius 3 is 2.48 bits per heavy atom. The smallest absolute Gasteiger partial charge is 0.312 e. The van der Waals surface area contributed by atoms with E-state index in [0.29, 0.717) is 23.7 Å². The monoisotopic (exact) mass is 312 g/mol. The van der Waals surface area contributed by atoms with Gasteiger partial charge in [-0.1, -0.05) is 23.8 Å². The van der Waals surface area contributed by atoms with Gasteiger partial charge in [-0.15, -0.1) is 0 Å². The number of hydrogen-bond acceptors (Lipinski definition) is 4. The van der Waals surface area contributed by atoms with E-state index < -0.39 is 0 Å². The molecule has 1 heterocycles. The molecule has 0 aromatic heterocycles. The number of esters is 1. The lowest BCUT2D eigenvalue weighted by Gasteiger charge is -2.27. The molecule has 0 saturated heterocycles. The Bertz CT molecular complexity index is 764. The summed E-state index contributed by atoms with van der Waals surface area (Å²) in [4.78, 5) is 12.0. The standard InChI is InChI=1S/C19H20O4/c1-11-7-12(2)19-15(8-11)14(10-18(20)23-19)13-5-6-16(21-3)17(9-13)22-4/h5-9,14H,10H2,1-4H3/t14-/m1/s1. The molecule has 2 aromatic rings. The molecule has 1 aliphatic rings. The van der Waals surface area contributed by atoms with Crippen LogP contribution in [0.4, 0.5) is 0 Å². The zero-order chi connectivity index (χ0) is 16.6. The number of carbonyl (C=O) groups excluding carboxylic acids is 1. The van der Waals surface area contributed by atoms with E-state index in [1.165, 1.54) is 0 Å². The topological polar surface area (TPSA) is 44.8 Å². The van der Waals surface area contributed by atoms with Gasteiger partial charge in [0.1, 0.15) is 5.75 Å². The maximum atomic E-state index is 12.0. The maximum Gasteiger partial charge on any atom is 0.312 e. The summed E-state index contributed by atoms with van der Waals surface area (Å²) >= 11 is 0.